The van der Waals surface area contributed by atoms with Gasteiger partial charge >= 0.3 is 0 Å². The van der Waals surface area contributed by atoms with E-state index in [2.05, 4.69) is 16.4 Å². The van der Waals surface area contributed by atoms with Crippen LogP contribution in [0, 0.1) is 18.3 Å². The Morgan fingerprint density at radius 1 is 1.28 bits per heavy atom. The average molecular weight is 238 g/mol. The zero-order valence-corrected chi connectivity index (χ0v) is 10.1. The highest BCUT2D eigenvalue weighted by atomic mass is 15.0. The maximum Gasteiger partial charge on any atom is 0.127 e. The fraction of sp³-hybridized carbons (Fsp3) is 0.143. The molecule has 0 saturated carbocycles. The fourth-order valence-corrected chi connectivity index (χ4v) is 1.65. The molecule has 0 amide bonds. The lowest BCUT2D eigenvalue weighted by molar-refractivity contribution is 1.09. The molecule has 1 heterocycles. The summed E-state index contributed by atoms with van der Waals surface area (Å²) in [5, 5.41) is 12.1. The van der Waals surface area contributed by atoms with E-state index in [0.29, 0.717) is 17.9 Å². The van der Waals surface area contributed by atoms with Crippen LogP contribution < -0.4 is 11.1 Å². The Morgan fingerprint density at radius 2 is 2.00 bits per heavy atom. The molecule has 4 nitrogen and oxygen atoms in total. The third-order valence-electron chi connectivity index (χ3n) is 2.54. The number of nitrogens with two attached hydrogens (primary N) is 1. The minimum Gasteiger partial charge on any atom is -0.399 e. The van der Waals surface area contributed by atoms with Crippen molar-refractivity contribution in [3.63, 3.8) is 0 Å². The van der Waals surface area contributed by atoms with Crippen LogP contribution in [-0.4, -0.2) is 4.98 Å². The Hall–Kier alpha value is -2.54. The highest BCUT2D eigenvalue weighted by molar-refractivity contribution is 5.45. The number of aryl methyl sites for hydroxylation is 1. The maximum absolute atomic E-state index is 8.88. The Labute approximate surface area is 106 Å². The van der Waals surface area contributed by atoms with Gasteiger partial charge < -0.3 is 11.1 Å². The molecule has 0 aliphatic heterocycles. The molecule has 0 bridgehead atoms. The summed E-state index contributed by atoms with van der Waals surface area (Å²) in [5.41, 5.74) is 8.93. The number of anilines is 2. The summed E-state index contributed by atoms with van der Waals surface area (Å²) in [5.74, 6) is 0.711. The van der Waals surface area contributed by atoms with Gasteiger partial charge in [0.25, 0.3) is 0 Å². The number of benzene rings is 1. The summed E-state index contributed by atoms with van der Waals surface area (Å²) in [6.07, 6.45) is 0. The Morgan fingerprint density at radius 3 is 2.67 bits per heavy atom. The zero-order valence-electron chi connectivity index (χ0n) is 10.1. The molecule has 0 fully saturated rings. The van der Waals surface area contributed by atoms with Gasteiger partial charge in [0.05, 0.1) is 11.6 Å². The fourth-order valence-electron chi connectivity index (χ4n) is 1.65. The summed E-state index contributed by atoms with van der Waals surface area (Å²) in [7, 11) is 0. The van der Waals surface area contributed by atoms with E-state index < -0.39 is 0 Å². The first-order valence-electron chi connectivity index (χ1n) is 5.64. The predicted molar refractivity (Wildman–Crippen MR) is 71.9 cm³/mol. The first-order chi connectivity index (χ1) is 8.67. The Bertz CT molecular complexity index is 582. The van der Waals surface area contributed by atoms with Gasteiger partial charge in [-0.2, -0.15) is 5.26 Å². The largest absolute Gasteiger partial charge is 0.399 e. The summed E-state index contributed by atoms with van der Waals surface area (Å²) >= 11 is 0. The molecule has 0 aliphatic rings. The number of hydrogen-bond acceptors (Lipinski definition) is 4. The Kier molecular flexibility index (Phi) is 3.44. The molecule has 4 heteroatoms. The summed E-state index contributed by atoms with van der Waals surface area (Å²) < 4.78 is 0. The van der Waals surface area contributed by atoms with Crippen LogP contribution in [0.1, 0.15) is 16.8 Å². The number of nitrogen functional groups attached to an aromatic ring is 1. The van der Waals surface area contributed by atoms with Gasteiger partial charge in [-0.05, 0) is 36.8 Å². The van der Waals surface area contributed by atoms with Crippen molar-refractivity contribution in [2.24, 2.45) is 0 Å². The highest BCUT2D eigenvalue weighted by Gasteiger charge is 2.00. The normalized spacial score (nSPS) is 9.78. The second-order valence-corrected chi connectivity index (χ2v) is 4.09. The number of nitriles is 1. The van der Waals surface area contributed by atoms with E-state index >= 15 is 0 Å². The van der Waals surface area contributed by atoms with Crippen molar-refractivity contribution in [2.45, 2.75) is 13.5 Å². The first-order valence-corrected chi connectivity index (χ1v) is 5.64. The van der Waals surface area contributed by atoms with Crippen molar-refractivity contribution >= 4 is 11.5 Å². The number of aromatic nitrogens is 1. The SMILES string of the molecule is Cc1cc(C#N)cc(NCc2ccc(N)cc2)n1. The predicted octanol–water partition coefficient (Wildman–Crippen LogP) is 2.46. The topological polar surface area (TPSA) is 74.7 Å². The minimum atomic E-state index is 0.613. The molecule has 0 radical (unpaired) electrons. The smallest absolute Gasteiger partial charge is 0.127 e. The van der Waals surface area contributed by atoms with E-state index in [0.717, 1.165) is 16.9 Å². The molecule has 2 rings (SSSR count). The van der Waals surface area contributed by atoms with Crippen LogP contribution in [0.25, 0.3) is 0 Å². The van der Waals surface area contributed by atoms with Gasteiger partial charge in [0.2, 0.25) is 0 Å². The van der Waals surface area contributed by atoms with Gasteiger partial charge in [-0.15, -0.1) is 0 Å². The molecule has 0 atom stereocenters. The summed E-state index contributed by atoms with van der Waals surface area (Å²) in [6.45, 7) is 2.52. The average Bonchev–Trinajstić information content (AvgIpc) is 2.37. The standard InChI is InChI=1S/C14H14N4/c1-10-6-12(8-15)7-14(18-10)17-9-11-2-4-13(16)5-3-11/h2-7H,9,16H2,1H3,(H,17,18). The Balaban J connectivity index is 2.08. The van der Waals surface area contributed by atoms with Crippen molar-refractivity contribution in [2.75, 3.05) is 11.1 Å². The molecular weight excluding hydrogens is 224 g/mol. The number of nitrogens with zero attached hydrogens (tertiary/aromatic N) is 2. The van der Waals surface area contributed by atoms with Crippen LogP contribution in [0.3, 0.4) is 0 Å². The number of hydrogen-bond donors (Lipinski definition) is 2. The molecule has 1 aromatic heterocycles. The van der Waals surface area contributed by atoms with E-state index in [-0.39, 0.29) is 0 Å². The molecule has 2 aromatic rings. The van der Waals surface area contributed by atoms with Gasteiger partial charge in [0.1, 0.15) is 5.82 Å². The third-order valence-corrected chi connectivity index (χ3v) is 2.54. The zero-order chi connectivity index (χ0) is 13.0. The van der Waals surface area contributed by atoms with Gasteiger partial charge in [-0.3, -0.25) is 0 Å². The van der Waals surface area contributed by atoms with Crippen LogP contribution in [0.5, 0.6) is 0 Å². The number of nitrogens with one attached hydrogen (secondary N) is 1. The summed E-state index contributed by atoms with van der Waals surface area (Å²) in [6, 6.07) is 13.3. The molecule has 90 valence electrons. The van der Waals surface area contributed by atoms with E-state index in [1.807, 2.05) is 31.2 Å². The lowest BCUT2D eigenvalue weighted by atomic mass is 10.2. The van der Waals surface area contributed by atoms with Crippen molar-refractivity contribution < 1.29 is 0 Å². The van der Waals surface area contributed by atoms with E-state index in [4.69, 9.17) is 11.0 Å². The highest BCUT2D eigenvalue weighted by Crippen LogP contribution is 2.11. The third kappa shape index (κ3) is 2.98. The number of rotatable bonds is 3. The molecule has 3 N–H and O–H groups in total. The van der Waals surface area contributed by atoms with Crippen LogP contribution in [-0.2, 0) is 6.54 Å². The van der Waals surface area contributed by atoms with E-state index in [9.17, 15) is 0 Å². The van der Waals surface area contributed by atoms with Crippen LogP contribution >= 0.6 is 0 Å². The van der Waals surface area contributed by atoms with Gasteiger partial charge in [-0.1, -0.05) is 12.1 Å². The van der Waals surface area contributed by atoms with Gasteiger partial charge in [-0.25, -0.2) is 4.98 Å². The van der Waals surface area contributed by atoms with E-state index in [1.165, 1.54) is 0 Å². The minimum absolute atomic E-state index is 0.613. The molecule has 18 heavy (non-hydrogen) atoms. The van der Waals surface area contributed by atoms with Crippen LogP contribution in [0.4, 0.5) is 11.5 Å². The molecule has 0 spiro atoms. The van der Waals surface area contributed by atoms with Crippen molar-refractivity contribution in [3.8, 4) is 6.07 Å². The van der Waals surface area contributed by atoms with Crippen molar-refractivity contribution in [3.05, 3.63) is 53.2 Å². The second kappa shape index (κ2) is 5.19. The number of pyridine rings is 1. The second-order valence-electron chi connectivity index (χ2n) is 4.09. The lowest BCUT2D eigenvalue weighted by Crippen LogP contribution is -2.02. The van der Waals surface area contributed by atoms with Crippen LogP contribution in [0.2, 0.25) is 0 Å². The molecule has 0 unspecified atom stereocenters. The van der Waals surface area contributed by atoms with Crippen LogP contribution in [0.15, 0.2) is 36.4 Å². The van der Waals surface area contributed by atoms with Gasteiger partial charge in [0, 0.05) is 17.9 Å². The molecule has 0 saturated heterocycles. The first kappa shape index (κ1) is 11.9. The monoisotopic (exact) mass is 238 g/mol. The van der Waals surface area contributed by atoms with Crippen molar-refractivity contribution in [1.82, 2.24) is 4.98 Å². The molecule has 0 aliphatic carbocycles. The van der Waals surface area contributed by atoms with Gasteiger partial charge in [0.15, 0.2) is 0 Å². The maximum atomic E-state index is 8.88. The molecule has 1 aromatic carbocycles. The quantitative estimate of drug-likeness (QED) is 0.805. The lowest BCUT2D eigenvalue weighted by Gasteiger charge is -2.07. The van der Waals surface area contributed by atoms with Crippen molar-refractivity contribution in [1.29, 1.82) is 5.26 Å². The summed E-state index contributed by atoms with van der Waals surface area (Å²) in [4.78, 5) is 4.33. The van der Waals surface area contributed by atoms with E-state index in [1.54, 1.807) is 12.1 Å². The molecular formula is C14H14N4.